The summed E-state index contributed by atoms with van der Waals surface area (Å²) in [6, 6.07) is 0.584. The normalized spacial score (nSPS) is 20.6. The van der Waals surface area contributed by atoms with Crippen LogP contribution in [0.4, 0.5) is 0 Å². The van der Waals surface area contributed by atoms with Gasteiger partial charge in [-0.1, -0.05) is 6.92 Å². The highest BCUT2D eigenvalue weighted by atomic mass is 15.3. The van der Waals surface area contributed by atoms with Gasteiger partial charge in [0.05, 0.1) is 0 Å². The summed E-state index contributed by atoms with van der Waals surface area (Å²) in [5.41, 5.74) is 6.55. The molecule has 4 heteroatoms. The highest BCUT2D eigenvalue weighted by Crippen LogP contribution is 2.47. The van der Waals surface area contributed by atoms with Gasteiger partial charge < -0.3 is 5.73 Å². The van der Waals surface area contributed by atoms with Crippen LogP contribution in [0, 0.1) is 5.41 Å². The summed E-state index contributed by atoms with van der Waals surface area (Å²) in [5, 5.41) is 4.22. The summed E-state index contributed by atoms with van der Waals surface area (Å²) in [6.07, 6.45) is 4.97. The van der Waals surface area contributed by atoms with Crippen LogP contribution in [0.1, 0.15) is 45.5 Å². The average molecular weight is 208 g/mol. The van der Waals surface area contributed by atoms with E-state index in [0.29, 0.717) is 11.5 Å². The van der Waals surface area contributed by atoms with Crippen molar-refractivity contribution in [3.63, 3.8) is 0 Å². The van der Waals surface area contributed by atoms with Crippen molar-refractivity contribution in [2.75, 3.05) is 0 Å². The van der Waals surface area contributed by atoms with E-state index in [2.05, 4.69) is 30.9 Å². The summed E-state index contributed by atoms with van der Waals surface area (Å²) in [5.74, 6) is 1.02. The molecular formula is C11H20N4. The van der Waals surface area contributed by atoms with Gasteiger partial charge in [-0.2, -0.15) is 5.10 Å². The van der Waals surface area contributed by atoms with Gasteiger partial charge in [0.2, 0.25) is 0 Å². The molecule has 1 atom stereocenters. The standard InChI is InChI=1S/C11H20N4/c1-8(2)15-10(13-7-14-15)6-9(12)11(3)4-5-11/h7-9H,4-6,12H2,1-3H3. The van der Waals surface area contributed by atoms with Gasteiger partial charge in [0, 0.05) is 18.5 Å². The molecule has 1 aromatic rings. The molecule has 1 aliphatic rings. The van der Waals surface area contributed by atoms with Gasteiger partial charge in [-0.3, -0.25) is 0 Å². The molecule has 2 N–H and O–H groups in total. The van der Waals surface area contributed by atoms with Crippen LogP contribution in [-0.2, 0) is 6.42 Å². The van der Waals surface area contributed by atoms with Crippen molar-refractivity contribution < 1.29 is 0 Å². The van der Waals surface area contributed by atoms with Crippen LogP contribution in [0.15, 0.2) is 6.33 Å². The molecule has 1 fully saturated rings. The van der Waals surface area contributed by atoms with E-state index < -0.39 is 0 Å². The fourth-order valence-electron chi connectivity index (χ4n) is 1.86. The molecule has 84 valence electrons. The first kappa shape index (κ1) is 10.6. The third kappa shape index (κ3) is 2.04. The zero-order chi connectivity index (χ0) is 11.1. The van der Waals surface area contributed by atoms with E-state index in [0.717, 1.165) is 12.2 Å². The highest BCUT2D eigenvalue weighted by Gasteiger charge is 2.43. The number of hydrogen-bond donors (Lipinski definition) is 1. The minimum atomic E-state index is 0.221. The predicted octanol–water partition coefficient (Wildman–Crippen LogP) is 1.53. The van der Waals surface area contributed by atoms with Gasteiger partial charge in [-0.15, -0.1) is 0 Å². The van der Waals surface area contributed by atoms with Crippen molar-refractivity contribution >= 4 is 0 Å². The lowest BCUT2D eigenvalue weighted by Crippen LogP contribution is -2.33. The number of nitrogens with two attached hydrogens (primary N) is 1. The molecule has 1 aromatic heterocycles. The molecule has 0 spiro atoms. The maximum Gasteiger partial charge on any atom is 0.138 e. The summed E-state index contributed by atoms with van der Waals surface area (Å²) < 4.78 is 1.96. The Labute approximate surface area is 90.9 Å². The molecule has 0 amide bonds. The second-order valence-electron chi connectivity index (χ2n) is 5.18. The van der Waals surface area contributed by atoms with Crippen LogP contribution >= 0.6 is 0 Å². The average Bonchev–Trinajstić information content (AvgIpc) is 2.77. The Morgan fingerprint density at radius 2 is 2.20 bits per heavy atom. The first-order valence-electron chi connectivity index (χ1n) is 5.67. The van der Waals surface area contributed by atoms with Gasteiger partial charge in [-0.05, 0) is 32.1 Å². The van der Waals surface area contributed by atoms with Crippen molar-refractivity contribution in [1.29, 1.82) is 0 Å². The van der Waals surface area contributed by atoms with Gasteiger partial charge in [0.1, 0.15) is 12.2 Å². The van der Waals surface area contributed by atoms with Gasteiger partial charge >= 0.3 is 0 Å². The van der Waals surface area contributed by atoms with Crippen LogP contribution in [-0.4, -0.2) is 20.8 Å². The largest absolute Gasteiger partial charge is 0.327 e. The van der Waals surface area contributed by atoms with E-state index in [4.69, 9.17) is 5.73 Å². The van der Waals surface area contributed by atoms with Crippen LogP contribution in [0.3, 0.4) is 0 Å². The van der Waals surface area contributed by atoms with Gasteiger partial charge in [-0.25, -0.2) is 9.67 Å². The molecule has 1 saturated carbocycles. The number of nitrogens with zero attached hydrogens (tertiary/aromatic N) is 3. The Morgan fingerprint density at radius 3 is 2.73 bits per heavy atom. The number of hydrogen-bond acceptors (Lipinski definition) is 3. The molecule has 2 rings (SSSR count). The Morgan fingerprint density at radius 1 is 1.53 bits per heavy atom. The van der Waals surface area contributed by atoms with Crippen LogP contribution in [0.2, 0.25) is 0 Å². The van der Waals surface area contributed by atoms with Crippen molar-refractivity contribution in [2.24, 2.45) is 11.1 Å². The zero-order valence-electron chi connectivity index (χ0n) is 9.77. The lowest BCUT2D eigenvalue weighted by molar-refractivity contribution is 0.407. The molecule has 1 unspecified atom stereocenters. The van der Waals surface area contributed by atoms with Crippen molar-refractivity contribution in [3.05, 3.63) is 12.2 Å². The molecule has 0 aliphatic heterocycles. The zero-order valence-corrected chi connectivity index (χ0v) is 9.77. The van der Waals surface area contributed by atoms with E-state index >= 15 is 0 Å². The van der Waals surface area contributed by atoms with Crippen molar-refractivity contribution in [3.8, 4) is 0 Å². The predicted molar refractivity (Wildman–Crippen MR) is 59.4 cm³/mol. The molecule has 1 heterocycles. The Hall–Kier alpha value is -0.900. The Balaban J connectivity index is 2.07. The smallest absolute Gasteiger partial charge is 0.138 e. The van der Waals surface area contributed by atoms with Gasteiger partial charge in [0.25, 0.3) is 0 Å². The molecule has 0 aromatic carbocycles. The highest BCUT2D eigenvalue weighted by molar-refractivity contribution is 5.02. The molecule has 1 aliphatic carbocycles. The van der Waals surface area contributed by atoms with E-state index in [1.165, 1.54) is 12.8 Å². The van der Waals surface area contributed by atoms with Crippen LogP contribution < -0.4 is 5.73 Å². The molecule has 0 saturated heterocycles. The summed E-state index contributed by atoms with van der Waals surface area (Å²) in [6.45, 7) is 6.48. The van der Waals surface area contributed by atoms with Crippen molar-refractivity contribution in [1.82, 2.24) is 14.8 Å². The molecule has 0 bridgehead atoms. The molecule has 4 nitrogen and oxygen atoms in total. The molecule has 15 heavy (non-hydrogen) atoms. The minimum absolute atomic E-state index is 0.221. The third-order valence-corrected chi connectivity index (χ3v) is 3.47. The van der Waals surface area contributed by atoms with Gasteiger partial charge in [0.15, 0.2) is 0 Å². The first-order valence-corrected chi connectivity index (χ1v) is 5.67. The van der Waals surface area contributed by atoms with Crippen LogP contribution in [0.25, 0.3) is 0 Å². The van der Waals surface area contributed by atoms with Crippen LogP contribution in [0.5, 0.6) is 0 Å². The minimum Gasteiger partial charge on any atom is -0.327 e. The SMILES string of the molecule is CC(C)n1ncnc1CC(N)C1(C)CC1. The molecular weight excluding hydrogens is 188 g/mol. The van der Waals surface area contributed by atoms with E-state index in [9.17, 15) is 0 Å². The first-order chi connectivity index (χ1) is 7.03. The summed E-state index contributed by atoms with van der Waals surface area (Å²) in [4.78, 5) is 4.29. The van der Waals surface area contributed by atoms with E-state index in [-0.39, 0.29) is 6.04 Å². The fourth-order valence-corrected chi connectivity index (χ4v) is 1.86. The maximum absolute atomic E-state index is 6.19. The van der Waals surface area contributed by atoms with Crippen molar-refractivity contribution in [2.45, 2.75) is 52.1 Å². The second-order valence-corrected chi connectivity index (χ2v) is 5.18. The van der Waals surface area contributed by atoms with E-state index in [1.54, 1.807) is 6.33 Å². The number of aromatic nitrogens is 3. The Kier molecular flexibility index (Phi) is 2.54. The Bertz CT molecular complexity index is 338. The lowest BCUT2D eigenvalue weighted by atomic mass is 9.96. The van der Waals surface area contributed by atoms with E-state index in [1.807, 2.05) is 4.68 Å². The maximum atomic E-state index is 6.19. The number of rotatable bonds is 4. The third-order valence-electron chi connectivity index (χ3n) is 3.47. The quantitative estimate of drug-likeness (QED) is 0.816. The summed E-state index contributed by atoms with van der Waals surface area (Å²) in [7, 11) is 0. The lowest BCUT2D eigenvalue weighted by Gasteiger charge is -2.19. The summed E-state index contributed by atoms with van der Waals surface area (Å²) >= 11 is 0. The second kappa shape index (κ2) is 3.59. The molecule has 0 radical (unpaired) electrons. The monoisotopic (exact) mass is 208 g/mol. The topological polar surface area (TPSA) is 56.7 Å². The fraction of sp³-hybridized carbons (Fsp3) is 0.818.